The summed E-state index contributed by atoms with van der Waals surface area (Å²) >= 11 is 0. The number of hydrogen-bond acceptors (Lipinski definition) is 3. The molecule has 1 aliphatic carbocycles. The van der Waals surface area contributed by atoms with Gasteiger partial charge in [0.25, 0.3) is 0 Å². The Kier molecular flexibility index (Phi) is 6.56. The number of benzene rings is 1. The van der Waals surface area contributed by atoms with Gasteiger partial charge < -0.3 is 20.5 Å². The molecule has 0 radical (unpaired) electrons. The summed E-state index contributed by atoms with van der Waals surface area (Å²) in [5.41, 5.74) is 0.903. The Balaban J connectivity index is 1.77. The van der Waals surface area contributed by atoms with Gasteiger partial charge in [-0.2, -0.15) is 0 Å². The first-order chi connectivity index (χ1) is 11.1. The Bertz CT molecular complexity index is 523. The van der Waals surface area contributed by atoms with Crippen molar-refractivity contribution < 1.29 is 9.84 Å². The van der Waals surface area contributed by atoms with Gasteiger partial charge in [-0.15, -0.1) is 0 Å². The lowest BCUT2D eigenvalue weighted by Gasteiger charge is -2.28. The molecule has 0 spiro atoms. The molecule has 1 fully saturated rings. The molecule has 5 nitrogen and oxygen atoms in total. The van der Waals surface area contributed by atoms with Gasteiger partial charge in [0.2, 0.25) is 0 Å². The number of guanidine groups is 1. The van der Waals surface area contributed by atoms with Crippen molar-refractivity contribution in [3.63, 3.8) is 0 Å². The minimum atomic E-state index is 0.273. The smallest absolute Gasteiger partial charge is 0.191 e. The lowest BCUT2D eigenvalue weighted by Crippen LogP contribution is -2.45. The quantitative estimate of drug-likeness (QED) is 0.577. The van der Waals surface area contributed by atoms with Crippen LogP contribution < -0.4 is 15.4 Å². The van der Waals surface area contributed by atoms with Crippen molar-refractivity contribution in [2.75, 3.05) is 20.7 Å². The molecule has 0 aromatic heterocycles. The molecule has 23 heavy (non-hydrogen) atoms. The van der Waals surface area contributed by atoms with Crippen LogP contribution in [0.1, 0.15) is 38.2 Å². The third-order valence-electron chi connectivity index (χ3n) is 4.56. The van der Waals surface area contributed by atoms with Gasteiger partial charge in [-0.05, 0) is 49.7 Å². The van der Waals surface area contributed by atoms with Crippen LogP contribution in [0.25, 0.3) is 0 Å². The molecule has 1 aliphatic rings. The molecule has 0 amide bonds. The minimum absolute atomic E-state index is 0.273. The molecule has 1 aromatic carbocycles. The first-order valence-corrected chi connectivity index (χ1v) is 8.45. The van der Waals surface area contributed by atoms with Gasteiger partial charge >= 0.3 is 0 Å². The summed E-state index contributed by atoms with van der Waals surface area (Å²) in [6.07, 6.45) is 5.73. The molecule has 5 heteroatoms. The number of rotatable bonds is 5. The van der Waals surface area contributed by atoms with E-state index in [0.717, 1.165) is 30.4 Å². The zero-order chi connectivity index (χ0) is 16.7. The van der Waals surface area contributed by atoms with Gasteiger partial charge in [-0.3, -0.25) is 4.99 Å². The Morgan fingerprint density at radius 1 is 1.30 bits per heavy atom. The fourth-order valence-corrected chi connectivity index (χ4v) is 2.99. The Labute approximate surface area is 139 Å². The van der Waals surface area contributed by atoms with Crippen LogP contribution >= 0.6 is 0 Å². The first kappa shape index (κ1) is 17.4. The zero-order valence-electron chi connectivity index (χ0n) is 14.4. The molecule has 0 bridgehead atoms. The number of nitrogens with one attached hydrogen (secondary N) is 2. The summed E-state index contributed by atoms with van der Waals surface area (Å²) in [6, 6.07) is 5.93. The molecule has 0 heterocycles. The molecule has 0 atom stereocenters. The number of nitrogens with zero attached hydrogens (tertiary/aromatic N) is 1. The normalized spacial score (nSPS) is 21.8. The van der Waals surface area contributed by atoms with E-state index >= 15 is 0 Å². The molecule has 0 aliphatic heterocycles. The van der Waals surface area contributed by atoms with Crippen molar-refractivity contribution in [3.05, 3.63) is 23.8 Å². The molecule has 1 saturated carbocycles. The topological polar surface area (TPSA) is 65.9 Å². The van der Waals surface area contributed by atoms with Gasteiger partial charge in [-0.25, -0.2) is 0 Å². The molecule has 0 unspecified atom stereocenters. The number of phenols is 1. The lowest BCUT2D eigenvalue weighted by molar-refractivity contribution is 0.329. The highest BCUT2D eigenvalue weighted by Crippen LogP contribution is 2.24. The van der Waals surface area contributed by atoms with Gasteiger partial charge in [0.05, 0.1) is 7.11 Å². The fraction of sp³-hybridized carbons (Fsp3) is 0.611. The Hall–Kier alpha value is -1.91. The molecule has 128 valence electrons. The molecular formula is C18H29N3O2. The number of aliphatic imine (C=N–C) groups is 1. The summed E-state index contributed by atoms with van der Waals surface area (Å²) in [5, 5.41) is 16.8. The van der Waals surface area contributed by atoms with Crippen molar-refractivity contribution in [3.8, 4) is 11.5 Å². The van der Waals surface area contributed by atoms with E-state index in [-0.39, 0.29) is 5.75 Å². The molecule has 2 rings (SSSR count). The van der Waals surface area contributed by atoms with Crippen LogP contribution in [-0.4, -0.2) is 37.8 Å². The molecule has 0 saturated heterocycles. The van der Waals surface area contributed by atoms with E-state index in [4.69, 9.17) is 4.74 Å². The van der Waals surface area contributed by atoms with Crippen LogP contribution in [0.3, 0.4) is 0 Å². The fourth-order valence-electron chi connectivity index (χ4n) is 2.99. The number of ether oxygens (including phenoxy) is 1. The highest BCUT2D eigenvalue weighted by Gasteiger charge is 2.18. The predicted molar refractivity (Wildman–Crippen MR) is 94.3 cm³/mol. The summed E-state index contributed by atoms with van der Waals surface area (Å²) in [6.45, 7) is 3.05. The maximum absolute atomic E-state index is 9.98. The van der Waals surface area contributed by atoms with Gasteiger partial charge in [0.1, 0.15) is 11.5 Å². The van der Waals surface area contributed by atoms with Crippen LogP contribution in [-0.2, 0) is 6.42 Å². The number of phenolic OH excluding ortho intramolecular Hbond substituents is 1. The highest BCUT2D eigenvalue weighted by atomic mass is 16.5. The molecule has 3 N–H and O–H groups in total. The average Bonchev–Trinajstić information content (AvgIpc) is 2.57. The van der Waals surface area contributed by atoms with E-state index in [2.05, 4.69) is 22.5 Å². The minimum Gasteiger partial charge on any atom is -0.508 e. The third-order valence-corrected chi connectivity index (χ3v) is 4.56. The van der Waals surface area contributed by atoms with Crippen molar-refractivity contribution in [2.24, 2.45) is 10.9 Å². The zero-order valence-corrected chi connectivity index (χ0v) is 14.4. The first-order valence-electron chi connectivity index (χ1n) is 8.45. The van der Waals surface area contributed by atoms with E-state index < -0.39 is 0 Å². The van der Waals surface area contributed by atoms with E-state index in [1.54, 1.807) is 20.2 Å². The highest BCUT2D eigenvalue weighted by molar-refractivity contribution is 5.79. The van der Waals surface area contributed by atoms with Crippen LogP contribution in [0.2, 0.25) is 0 Å². The second-order valence-corrected chi connectivity index (χ2v) is 6.34. The monoisotopic (exact) mass is 319 g/mol. The predicted octanol–water partition coefficient (Wildman–Crippen LogP) is 2.69. The Morgan fingerprint density at radius 2 is 2.04 bits per heavy atom. The Morgan fingerprint density at radius 3 is 2.65 bits per heavy atom. The van der Waals surface area contributed by atoms with Crippen molar-refractivity contribution in [2.45, 2.75) is 45.1 Å². The van der Waals surface area contributed by atoms with Gasteiger partial charge in [-0.1, -0.05) is 13.0 Å². The number of aromatic hydroxyl groups is 1. The average molecular weight is 319 g/mol. The third kappa shape index (κ3) is 5.34. The van der Waals surface area contributed by atoms with Crippen LogP contribution in [0, 0.1) is 5.92 Å². The summed E-state index contributed by atoms with van der Waals surface area (Å²) < 4.78 is 5.10. The summed E-state index contributed by atoms with van der Waals surface area (Å²) in [5.74, 6) is 2.64. The summed E-state index contributed by atoms with van der Waals surface area (Å²) in [7, 11) is 3.39. The van der Waals surface area contributed by atoms with E-state index in [0.29, 0.717) is 11.8 Å². The molecular weight excluding hydrogens is 290 g/mol. The maximum Gasteiger partial charge on any atom is 0.191 e. The maximum atomic E-state index is 9.98. The van der Waals surface area contributed by atoms with Crippen molar-refractivity contribution in [1.82, 2.24) is 10.6 Å². The lowest BCUT2D eigenvalue weighted by atomic mass is 9.87. The van der Waals surface area contributed by atoms with Crippen molar-refractivity contribution >= 4 is 5.96 Å². The van der Waals surface area contributed by atoms with Gasteiger partial charge in [0.15, 0.2) is 5.96 Å². The molecule has 1 aromatic rings. The van der Waals surface area contributed by atoms with Crippen LogP contribution in [0.15, 0.2) is 23.2 Å². The van der Waals surface area contributed by atoms with Crippen molar-refractivity contribution in [1.29, 1.82) is 0 Å². The van der Waals surface area contributed by atoms with Crippen LogP contribution in [0.5, 0.6) is 11.5 Å². The second-order valence-electron chi connectivity index (χ2n) is 6.34. The largest absolute Gasteiger partial charge is 0.508 e. The standard InChI is InChI=1S/C18H29N3O2/c1-13-4-7-15(8-5-13)21-18(19-2)20-11-10-14-6-9-16(23-3)12-17(14)22/h6,9,12-13,15,22H,4-5,7-8,10-11H2,1-3H3,(H2,19,20,21). The van der Waals surface area contributed by atoms with E-state index in [1.807, 2.05) is 12.1 Å². The second kappa shape index (κ2) is 8.65. The summed E-state index contributed by atoms with van der Waals surface area (Å²) in [4.78, 5) is 4.29. The number of hydrogen-bond donors (Lipinski definition) is 3. The number of methoxy groups -OCH3 is 1. The van der Waals surface area contributed by atoms with E-state index in [1.165, 1.54) is 25.7 Å². The van der Waals surface area contributed by atoms with E-state index in [9.17, 15) is 5.11 Å². The van der Waals surface area contributed by atoms with Gasteiger partial charge in [0, 0.05) is 25.7 Å². The van der Waals surface area contributed by atoms with Crippen LogP contribution in [0.4, 0.5) is 0 Å². The SMILES string of the molecule is CN=C(NCCc1ccc(OC)cc1O)NC1CCC(C)CC1.